The van der Waals surface area contributed by atoms with Crippen molar-refractivity contribution in [3.63, 3.8) is 0 Å². The van der Waals surface area contributed by atoms with Crippen molar-refractivity contribution in [2.45, 2.75) is 19.9 Å². The Hall–Kier alpha value is -1.35. The highest BCUT2D eigenvalue weighted by Gasteiger charge is 2.05. The lowest BCUT2D eigenvalue weighted by molar-refractivity contribution is -0.125. The second-order valence-corrected chi connectivity index (χ2v) is 4.59. The van der Waals surface area contributed by atoms with Gasteiger partial charge in [0.25, 0.3) is 0 Å². The average Bonchev–Trinajstić information content (AvgIpc) is 2.81. The summed E-state index contributed by atoms with van der Waals surface area (Å²) in [5.74, 6) is 5.69. The van der Waals surface area contributed by atoms with E-state index >= 15 is 0 Å². The molecule has 0 bridgehead atoms. The maximum Gasteiger partial charge on any atom is 0.246 e. The SMILES string of the molecule is CCCOCC(=O)NCc1sccc1C#CCN. The third kappa shape index (κ3) is 5.32. The lowest BCUT2D eigenvalue weighted by Gasteiger charge is -2.04. The molecule has 0 spiro atoms. The number of nitrogens with two attached hydrogens (primary N) is 1. The van der Waals surface area contributed by atoms with Crippen molar-refractivity contribution in [2.75, 3.05) is 19.8 Å². The summed E-state index contributed by atoms with van der Waals surface area (Å²) < 4.78 is 5.16. The Morgan fingerprint density at radius 1 is 1.61 bits per heavy atom. The molecule has 0 saturated carbocycles. The van der Waals surface area contributed by atoms with E-state index in [9.17, 15) is 4.79 Å². The first kappa shape index (κ1) is 14.7. The molecule has 0 saturated heterocycles. The highest BCUT2D eigenvalue weighted by Crippen LogP contribution is 2.15. The van der Waals surface area contributed by atoms with Gasteiger partial charge in [-0.05, 0) is 17.9 Å². The molecule has 1 heterocycles. The summed E-state index contributed by atoms with van der Waals surface area (Å²) in [6.07, 6.45) is 0.914. The van der Waals surface area contributed by atoms with Crippen LogP contribution in [0.5, 0.6) is 0 Å². The van der Waals surface area contributed by atoms with Crippen molar-refractivity contribution in [2.24, 2.45) is 5.73 Å². The number of carbonyl (C=O) groups is 1. The van der Waals surface area contributed by atoms with Crippen molar-refractivity contribution in [3.05, 3.63) is 21.9 Å². The third-order valence-corrected chi connectivity index (χ3v) is 3.02. The van der Waals surface area contributed by atoms with Gasteiger partial charge in [0.2, 0.25) is 5.91 Å². The predicted molar refractivity (Wildman–Crippen MR) is 73.2 cm³/mol. The molecule has 18 heavy (non-hydrogen) atoms. The normalized spacial score (nSPS) is 9.67. The van der Waals surface area contributed by atoms with E-state index in [1.165, 1.54) is 0 Å². The van der Waals surface area contributed by atoms with Crippen molar-refractivity contribution in [3.8, 4) is 11.8 Å². The summed E-state index contributed by atoms with van der Waals surface area (Å²) in [4.78, 5) is 12.5. The fourth-order valence-electron chi connectivity index (χ4n) is 1.27. The van der Waals surface area contributed by atoms with Crippen molar-refractivity contribution >= 4 is 17.2 Å². The van der Waals surface area contributed by atoms with Gasteiger partial charge in [-0.1, -0.05) is 18.8 Å². The van der Waals surface area contributed by atoms with Gasteiger partial charge in [0, 0.05) is 17.0 Å². The smallest absolute Gasteiger partial charge is 0.246 e. The van der Waals surface area contributed by atoms with E-state index in [0.29, 0.717) is 19.7 Å². The van der Waals surface area contributed by atoms with Gasteiger partial charge in [-0.3, -0.25) is 4.79 Å². The molecule has 0 aliphatic heterocycles. The fraction of sp³-hybridized carbons (Fsp3) is 0.462. The quantitative estimate of drug-likeness (QED) is 0.598. The minimum absolute atomic E-state index is 0.102. The van der Waals surface area contributed by atoms with Gasteiger partial charge in [-0.25, -0.2) is 0 Å². The largest absolute Gasteiger partial charge is 0.372 e. The topological polar surface area (TPSA) is 64.3 Å². The minimum atomic E-state index is -0.102. The van der Waals surface area contributed by atoms with Crippen LogP contribution in [0.3, 0.4) is 0 Å². The molecule has 0 radical (unpaired) electrons. The molecule has 98 valence electrons. The molecule has 4 nitrogen and oxygen atoms in total. The Labute approximate surface area is 112 Å². The van der Waals surface area contributed by atoms with E-state index in [2.05, 4.69) is 17.2 Å². The summed E-state index contributed by atoms with van der Waals surface area (Å²) in [5.41, 5.74) is 6.26. The van der Waals surface area contributed by atoms with Crippen LogP contribution in [0.1, 0.15) is 23.8 Å². The summed E-state index contributed by atoms with van der Waals surface area (Å²) in [7, 11) is 0. The molecule has 0 aliphatic carbocycles. The Kier molecular flexibility index (Phi) is 7.11. The number of amides is 1. The summed E-state index contributed by atoms with van der Waals surface area (Å²) in [6, 6.07) is 1.93. The molecule has 1 amide bonds. The van der Waals surface area contributed by atoms with Crippen molar-refractivity contribution in [1.82, 2.24) is 5.32 Å². The van der Waals surface area contributed by atoms with Gasteiger partial charge >= 0.3 is 0 Å². The molecule has 0 fully saturated rings. The van der Waals surface area contributed by atoms with Crippen LogP contribution >= 0.6 is 11.3 Å². The van der Waals surface area contributed by atoms with Crippen LogP contribution in [0.25, 0.3) is 0 Å². The molecule has 0 atom stereocenters. The number of rotatable bonds is 6. The Bertz CT molecular complexity index is 432. The Balaban J connectivity index is 2.39. The number of hydrogen-bond donors (Lipinski definition) is 2. The van der Waals surface area contributed by atoms with Gasteiger partial charge in [-0.2, -0.15) is 0 Å². The first-order valence-corrected chi connectivity index (χ1v) is 6.75. The third-order valence-electron chi connectivity index (χ3n) is 2.10. The molecule has 0 unspecified atom stereocenters. The van der Waals surface area contributed by atoms with Gasteiger partial charge in [0.1, 0.15) is 6.61 Å². The molecular formula is C13H18N2O2S. The van der Waals surface area contributed by atoms with Crippen molar-refractivity contribution in [1.29, 1.82) is 0 Å². The van der Waals surface area contributed by atoms with E-state index in [0.717, 1.165) is 16.9 Å². The predicted octanol–water partition coefficient (Wildman–Crippen LogP) is 1.10. The zero-order valence-electron chi connectivity index (χ0n) is 10.5. The van der Waals surface area contributed by atoms with Crippen LogP contribution < -0.4 is 11.1 Å². The van der Waals surface area contributed by atoms with E-state index in [1.54, 1.807) is 11.3 Å². The standard InChI is InChI=1S/C13H18N2O2S/c1-2-7-17-10-13(16)15-9-12-11(4-3-6-14)5-8-18-12/h5,8H,2,6-7,9-10,14H2,1H3,(H,15,16). The van der Waals surface area contributed by atoms with Crippen LogP contribution in [0.15, 0.2) is 11.4 Å². The van der Waals surface area contributed by atoms with Crippen LogP contribution in [-0.4, -0.2) is 25.7 Å². The zero-order valence-corrected chi connectivity index (χ0v) is 11.3. The average molecular weight is 266 g/mol. The van der Waals surface area contributed by atoms with Gasteiger partial charge < -0.3 is 15.8 Å². The van der Waals surface area contributed by atoms with E-state index < -0.39 is 0 Å². The second kappa shape index (κ2) is 8.70. The molecule has 1 aromatic heterocycles. The summed E-state index contributed by atoms with van der Waals surface area (Å²) in [6.45, 7) is 3.56. The molecule has 1 rings (SSSR count). The molecule has 0 aromatic carbocycles. The number of carbonyl (C=O) groups excluding carboxylic acids is 1. The Morgan fingerprint density at radius 3 is 3.17 bits per heavy atom. The summed E-state index contributed by atoms with van der Waals surface area (Å²) >= 11 is 1.57. The molecule has 1 aromatic rings. The van der Waals surface area contributed by atoms with Gasteiger partial charge in [0.05, 0.1) is 13.1 Å². The summed E-state index contributed by atoms with van der Waals surface area (Å²) in [5, 5.41) is 4.76. The highest BCUT2D eigenvalue weighted by atomic mass is 32.1. The van der Waals surface area contributed by atoms with Crippen molar-refractivity contribution < 1.29 is 9.53 Å². The molecule has 5 heteroatoms. The second-order valence-electron chi connectivity index (χ2n) is 3.59. The monoisotopic (exact) mass is 266 g/mol. The maximum atomic E-state index is 11.5. The van der Waals surface area contributed by atoms with Crippen LogP contribution in [0.4, 0.5) is 0 Å². The fourth-order valence-corrected chi connectivity index (χ4v) is 2.04. The highest BCUT2D eigenvalue weighted by molar-refractivity contribution is 7.10. The van der Waals surface area contributed by atoms with E-state index in [4.69, 9.17) is 10.5 Å². The minimum Gasteiger partial charge on any atom is -0.372 e. The number of nitrogens with one attached hydrogen (secondary N) is 1. The lowest BCUT2D eigenvalue weighted by atomic mass is 10.2. The van der Waals surface area contributed by atoms with Crippen LogP contribution in [-0.2, 0) is 16.1 Å². The molecular weight excluding hydrogens is 248 g/mol. The van der Waals surface area contributed by atoms with Gasteiger partial charge in [-0.15, -0.1) is 11.3 Å². The first-order valence-electron chi connectivity index (χ1n) is 5.87. The van der Waals surface area contributed by atoms with Gasteiger partial charge in [0.15, 0.2) is 0 Å². The number of ether oxygens (including phenoxy) is 1. The number of thiophene rings is 1. The first-order chi connectivity index (χ1) is 8.77. The lowest BCUT2D eigenvalue weighted by Crippen LogP contribution is -2.27. The number of hydrogen-bond acceptors (Lipinski definition) is 4. The zero-order chi connectivity index (χ0) is 13.2. The van der Waals surface area contributed by atoms with E-state index in [1.807, 2.05) is 18.4 Å². The molecule has 0 aliphatic rings. The van der Waals surface area contributed by atoms with E-state index in [-0.39, 0.29) is 12.5 Å². The van der Waals surface area contributed by atoms with Crippen LogP contribution in [0.2, 0.25) is 0 Å². The van der Waals surface area contributed by atoms with Crippen LogP contribution in [0, 0.1) is 11.8 Å². The molecule has 3 N–H and O–H groups in total. The Morgan fingerprint density at radius 2 is 2.44 bits per heavy atom. The maximum absolute atomic E-state index is 11.5.